The summed E-state index contributed by atoms with van der Waals surface area (Å²) < 4.78 is 0. The molecule has 5 heteroatoms. The smallest absolute Gasteiger partial charge is 0.272 e. The number of nitrogens with zero attached hydrogens (tertiary/aromatic N) is 1. The molecule has 0 aliphatic carbocycles. The van der Waals surface area contributed by atoms with Gasteiger partial charge in [0.05, 0.1) is 0 Å². The van der Waals surface area contributed by atoms with E-state index in [0.717, 1.165) is 11.1 Å². The van der Waals surface area contributed by atoms with Gasteiger partial charge in [0.15, 0.2) is 0 Å². The van der Waals surface area contributed by atoms with Crippen LogP contribution in [-0.2, 0) is 4.79 Å². The van der Waals surface area contributed by atoms with Crippen molar-refractivity contribution >= 4 is 23.6 Å². The van der Waals surface area contributed by atoms with Crippen molar-refractivity contribution in [3.63, 3.8) is 0 Å². The van der Waals surface area contributed by atoms with Crippen molar-refractivity contribution in [2.24, 2.45) is 0 Å². The largest absolute Gasteiger partial charge is 0.321 e. The SMILES string of the molecule is Cc1cccc(NC(=O)/C(=C\c2ccncc2)NC(=O)c2ccccc2)c1. The van der Waals surface area contributed by atoms with E-state index in [1.165, 1.54) is 0 Å². The summed E-state index contributed by atoms with van der Waals surface area (Å²) in [4.78, 5) is 29.3. The van der Waals surface area contributed by atoms with Gasteiger partial charge in [-0.1, -0.05) is 30.3 Å². The molecule has 0 spiro atoms. The molecule has 0 bridgehead atoms. The highest BCUT2D eigenvalue weighted by Crippen LogP contribution is 2.12. The Morgan fingerprint density at radius 3 is 2.37 bits per heavy atom. The van der Waals surface area contributed by atoms with E-state index in [4.69, 9.17) is 0 Å². The molecule has 1 aromatic heterocycles. The van der Waals surface area contributed by atoms with Gasteiger partial charge in [0.2, 0.25) is 0 Å². The molecule has 0 fully saturated rings. The summed E-state index contributed by atoms with van der Waals surface area (Å²) in [6.07, 6.45) is 4.87. The Hall–Kier alpha value is -3.73. The maximum absolute atomic E-state index is 12.8. The first-order valence-corrected chi connectivity index (χ1v) is 8.48. The Balaban J connectivity index is 1.86. The first-order chi connectivity index (χ1) is 13.1. The Morgan fingerprint density at radius 2 is 1.67 bits per heavy atom. The number of nitrogens with one attached hydrogen (secondary N) is 2. The minimum atomic E-state index is -0.401. The number of hydrogen-bond acceptors (Lipinski definition) is 3. The number of carbonyl (C=O) groups is 2. The third-order valence-corrected chi connectivity index (χ3v) is 3.82. The summed E-state index contributed by atoms with van der Waals surface area (Å²) in [7, 11) is 0. The summed E-state index contributed by atoms with van der Waals surface area (Å²) >= 11 is 0. The molecule has 27 heavy (non-hydrogen) atoms. The second kappa shape index (κ2) is 8.58. The third kappa shape index (κ3) is 5.12. The number of hydrogen-bond donors (Lipinski definition) is 2. The topological polar surface area (TPSA) is 71.1 Å². The summed E-state index contributed by atoms with van der Waals surface area (Å²) in [5.74, 6) is -0.753. The zero-order valence-corrected chi connectivity index (χ0v) is 14.8. The Kier molecular flexibility index (Phi) is 5.74. The van der Waals surface area contributed by atoms with Crippen LogP contribution in [0.15, 0.2) is 84.8 Å². The zero-order valence-electron chi connectivity index (χ0n) is 14.8. The number of carbonyl (C=O) groups excluding carboxylic acids is 2. The lowest BCUT2D eigenvalue weighted by molar-refractivity contribution is -0.113. The van der Waals surface area contributed by atoms with Gasteiger partial charge in [-0.05, 0) is 60.5 Å². The molecule has 2 aromatic carbocycles. The summed E-state index contributed by atoms with van der Waals surface area (Å²) in [6.45, 7) is 1.94. The number of rotatable bonds is 5. The second-order valence-electron chi connectivity index (χ2n) is 5.98. The number of aryl methyl sites for hydroxylation is 1. The van der Waals surface area contributed by atoms with Crippen LogP contribution in [0.3, 0.4) is 0 Å². The maximum atomic E-state index is 12.8. The molecule has 1 heterocycles. The van der Waals surface area contributed by atoms with Crippen LogP contribution < -0.4 is 10.6 Å². The third-order valence-electron chi connectivity index (χ3n) is 3.82. The monoisotopic (exact) mass is 357 g/mol. The maximum Gasteiger partial charge on any atom is 0.272 e. The molecule has 3 rings (SSSR count). The molecule has 0 atom stereocenters. The molecule has 2 amide bonds. The van der Waals surface area contributed by atoms with E-state index in [1.54, 1.807) is 60.9 Å². The highest BCUT2D eigenvalue weighted by molar-refractivity contribution is 6.10. The van der Waals surface area contributed by atoms with Gasteiger partial charge in [-0.15, -0.1) is 0 Å². The van der Waals surface area contributed by atoms with Crippen LogP contribution in [0.1, 0.15) is 21.5 Å². The summed E-state index contributed by atoms with van der Waals surface area (Å²) in [5, 5.41) is 5.53. The predicted molar refractivity (Wildman–Crippen MR) is 106 cm³/mol. The molecule has 134 valence electrons. The summed E-state index contributed by atoms with van der Waals surface area (Å²) in [5.41, 5.74) is 3.07. The van der Waals surface area contributed by atoms with Crippen LogP contribution in [0.5, 0.6) is 0 Å². The van der Waals surface area contributed by atoms with E-state index in [9.17, 15) is 9.59 Å². The quantitative estimate of drug-likeness (QED) is 0.682. The van der Waals surface area contributed by atoms with Crippen molar-refractivity contribution in [2.75, 3.05) is 5.32 Å². The molecule has 0 unspecified atom stereocenters. The fourth-order valence-corrected chi connectivity index (χ4v) is 2.49. The zero-order chi connectivity index (χ0) is 19.1. The van der Waals surface area contributed by atoms with Gasteiger partial charge in [0.1, 0.15) is 5.70 Å². The molecule has 2 N–H and O–H groups in total. The number of pyridine rings is 1. The van der Waals surface area contributed by atoms with E-state index >= 15 is 0 Å². The van der Waals surface area contributed by atoms with E-state index in [1.807, 2.05) is 31.2 Å². The number of anilines is 1. The first kappa shape index (κ1) is 18.1. The van der Waals surface area contributed by atoms with Crippen molar-refractivity contribution in [3.8, 4) is 0 Å². The summed E-state index contributed by atoms with van der Waals surface area (Å²) in [6, 6.07) is 19.7. The fraction of sp³-hybridized carbons (Fsp3) is 0.0455. The van der Waals surface area contributed by atoms with Crippen molar-refractivity contribution < 1.29 is 9.59 Å². The van der Waals surface area contributed by atoms with Crippen LogP contribution >= 0.6 is 0 Å². The van der Waals surface area contributed by atoms with E-state index in [2.05, 4.69) is 15.6 Å². The second-order valence-corrected chi connectivity index (χ2v) is 5.98. The molecular weight excluding hydrogens is 338 g/mol. The van der Waals surface area contributed by atoms with Crippen LogP contribution in [0, 0.1) is 6.92 Å². The van der Waals surface area contributed by atoms with E-state index in [-0.39, 0.29) is 11.6 Å². The minimum absolute atomic E-state index is 0.150. The molecule has 3 aromatic rings. The Morgan fingerprint density at radius 1 is 0.926 bits per heavy atom. The Bertz CT molecular complexity index is 967. The van der Waals surface area contributed by atoms with Gasteiger partial charge in [0.25, 0.3) is 11.8 Å². The number of amides is 2. The van der Waals surface area contributed by atoms with Gasteiger partial charge in [-0.2, -0.15) is 0 Å². The highest BCUT2D eigenvalue weighted by atomic mass is 16.2. The molecule has 0 radical (unpaired) electrons. The van der Waals surface area contributed by atoms with Crippen molar-refractivity contribution in [1.82, 2.24) is 10.3 Å². The molecule has 0 saturated heterocycles. The van der Waals surface area contributed by atoms with E-state index < -0.39 is 5.91 Å². The number of aromatic nitrogens is 1. The average Bonchev–Trinajstić information content (AvgIpc) is 2.69. The lowest BCUT2D eigenvalue weighted by atomic mass is 10.1. The molecular formula is C22H19N3O2. The van der Waals surface area contributed by atoms with Crippen LogP contribution in [-0.4, -0.2) is 16.8 Å². The highest BCUT2D eigenvalue weighted by Gasteiger charge is 2.15. The van der Waals surface area contributed by atoms with Gasteiger partial charge >= 0.3 is 0 Å². The lowest BCUT2D eigenvalue weighted by Crippen LogP contribution is -2.30. The van der Waals surface area contributed by atoms with Crippen LogP contribution in [0.4, 0.5) is 5.69 Å². The van der Waals surface area contributed by atoms with Crippen molar-refractivity contribution in [2.45, 2.75) is 6.92 Å². The molecule has 0 aliphatic heterocycles. The van der Waals surface area contributed by atoms with Gasteiger partial charge in [-0.3, -0.25) is 14.6 Å². The molecule has 0 aliphatic rings. The Labute approximate surface area is 157 Å². The molecule has 5 nitrogen and oxygen atoms in total. The van der Waals surface area contributed by atoms with Crippen molar-refractivity contribution in [3.05, 3.63) is 102 Å². The fourth-order valence-electron chi connectivity index (χ4n) is 2.49. The normalized spacial score (nSPS) is 10.9. The van der Waals surface area contributed by atoms with Crippen molar-refractivity contribution in [1.29, 1.82) is 0 Å². The average molecular weight is 357 g/mol. The van der Waals surface area contributed by atoms with Gasteiger partial charge in [-0.25, -0.2) is 0 Å². The number of benzene rings is 2. The minimum Gasteiger partial charge on any atom is -0.321 e. The van der Waals surface area contributed by atoms with Gasteiger partial charge in [0, 0.05) is 23.6 Å². The molecule has 0 saturated carbocycles. The van der Waals surface area contributed by atoms with Crippen LogP contribution in [0.2, 0.25) is 0 Å². The lowest BCUT2D eigenvalue weighted by Gasteiger charge is -2.11. The van der Waals surface area contributed by atoms with Crippen LogP contribution in [0.25, 0.3) is 6.08 Å². The standard InChI is InChI=1S/C22H19N3O2/c1-16-6-5-9-19(14-16)24-22(27)20(15-17-10-12-23-13-11-17)25-21(26)18-7-3-2-4-8-18/h2-15H,1H3,(H,24,27)(H,25,26)/b20-15+. The van der Waals surface area contributed by atoms with E-state index in [0.29, 0.717) is 11.3 Å². The van der Waals surface area contributed by atoms with Gasteiger partial charge < -0.3 is 10.6 Å². The predicted octanol–water partition coefficient (Wildman–Crippen LogP) is 3.80. The first-order valence-electron chi connectivity index (χ1n) is 8.48.